The first-order chi connectivity index (χ1) is 2.91. The van der Waals surface area contributed by atoms with Gasteiger partial charge in [-0.05, 0) is 23.5 Å². The maximum atomic E-state index is 11.1. The molecule has 0 spiro atoms. The third-order valence-electron chi connectivity index (χ3n) is 0.487. The van der Waals surface area contributed by atoms with Gasteiger partial charge in [-0.2, -0.15) is 3.89 Å². The van der Waals surface area contributed by atoms with Crippen LogP contribution in [0.4, 0.5) is 3.89 Å². The molecule has 0 saturated carbocycles. The van der Waals surface area contributed by atoms with Crippen molar-refractivity contribution in [2.45, 2.75) is 19.8 Å². The summed E-state index contributed by atoms with van der Waals surface area (Å²) in [6, 6.07) is 0. The minimum absolute atomic E-state index is 0.0796. The summed E-state index contributed by atoms with van der Waals surface area (Å²) in [5.41, 5.74) is 0. The van der Waals surface area contributed by atoms with E-state index in [1.165, 1.54) is 0 Å². The van der Waals surface area contributed by atoms with Gasteiger partial charge in [0.05, 0.1) is 0 Å². The topological polar surface area (TPSA) is 0 Å². The third-order valence-corrected chi connectivity index (χ3v) is 0.883. The summed E-state index contributed by atoms with van der Waals surface area (Å²) in [7, 11) is 0. The fraction of sp³-hybridized carbons (Fsp3) is 0.750. The van der Waals surface area contributed by atoms with Gasteiger partial charge in [0.1, 0.15) is 0 Å². The highest BCUT2D eigenvalue weighted by molar-refractivity contribution is 7.92. The van der Waals surface area contributed by atoms with Crippen molar-refractivity contribution in [2.24, 2.45) is 0 Å². The van der Waals surface area contributed by atoms with Crippen molar-refractivity contribution in [1.82, 2.24) is 0 Å². The summed E-state index contributed by atoms with van der Waals surface area (Å²) < 4.78 is 11.1. The Labute approximate surface area is 41.6 Å². The summed E-state index contributed by atoms with van der Waals surface area (Å²) in [6.07, 6.45) is 1.95. The molecule has 0 unspecified atom stereocenters. The average molecular weight is 108 g/mol. The molecule has 0 N–H and O–H groups in total. The van der Waals surface area contributed by atoms with Crippen LogP contribution in [0, 0.1) is 0 Å². The molecule has 0 radical (unpaired) electrons. The van der Waals surface area contributed by atoms with Crippen molar-refractivity contribution in [3.05, 3.63) is 0 Å². The van der Waals surface area contributed by atoms with Crippen LogP contribution in [-0.2, 0) is 0 Å². The molecular weight excluding hydrogens is 99.1 g/mol. The van der Waals surface area contributed by atoms with E-state index in [4.69, 9.17) is 0 Å². The zero-order valence-electron chi connectivity index (χ0n) is 3.82. The largest absolute Gasteiger partial charge is 0.177 e. The summed E-state index contributed by atoms with van der Waals surface area (Å²) in [4.78, 5) is 0. The summed E-state index contributed by atoms with van der Waals surface area (Å²) in [5.74, 6) is 0. The van der Waals surface area contributed by atoms with E-state index < -0.39 is 0 Å². The molecule has 0 amide bonds. The molecule has 0 aromatic rings. The Morgan fingerprint density at radius 3 is 2.67 bits per heavy atom. The van der Waals surface area contributed by atoms with E-state index in [9.17, 15) is 3.89 Å². The molecule has 38 valence electrons. The van der Waals surface area contributed by atoms with Crippen LogP contribution in [0.3, 0.4) is 0 Å². The molecule has 0 atom stereocenters. The van der Waals surface area contributed by atoms with E-state index in [1.54, 1.807) is 5.37 Å². The molecule has 0 aliphatic carbocycles. The van der Waals surface area contributed by atoms with Crippen molar-refractivity contribution in [3.63, 3.8) is 0 Å². The van der Waals surface area contributed by atoms with Crippen molar-refractivity contribution in [2.75, 3.05) is 0 Å². The van der Waals surface area contributed by atoms with Gasteiger partial charge in [-0.1, -0.05) is 13.3 Å². The fourth-order valence-electron chi connectivity index (χ4n) is 0.178. The number of hydrogen-bond acceptors (Lipinski definition) is 0. The van der Waals surface area contributed by atoms with Crippen molar-refractivity contribution in [3.8, 4) is 0 Å². The van der Waals surface area contributed by atoms with Crippen LogP contribution in [0.1, 0.15) is 19.8 Å². The predicted octanol–water partition coefficient (Wildman–Crippen LogP) is 1.94. The second-order valence-electron chi connectivity index (χ2n) is 1.07. The number of thiol groups is 1. The molecule has 6 heavy (non-hydrogen) atoms. The van der Waals surface area contributed by atoms with Gasteiger partial charge in [0.25, 0.3) is 0 Å². The molecule has 2 heteroatoms. The lowest BCUT2D eigenvalue weighted by atomic mass is 10.4. The standard InChI is InChI=1S/C4H9FS/c1-2-3-4-6-5/h4,6H,2-3H2,1H3. The first kappa shape index (κ1) is 6.15. The molecule has 0 fully saturated rings. The molecule has 0 aromatic heterocycles. The van der Waals surface area contributed by atoms with Crippen LogP contribution in [-0.4, -0.2) is 5.37 Å². The number of hydrogen-bond donors (Lipinski definition) is 1. The summed E-state index contributed by atoms with van der Waals surface area (Å²) in [6.45, 7) is 2.03. The van der Waals surface area contributed by atoms with Crippen LogP contribution in [0.2, 0.25) is 0 Å². The Balaban J connectivity index is 2.66. The van der Waals surface area contributed by atoms with E-state index in [0.717, 1.165) is 12.8 Å². The van der Waals surface area contributed by atoms with Crippen molar-refractivity contribution < 1.29 is 3.89 Å². The monoisotopic (exact) mass is 108 g/mol. The Bertz CT molecular complexity index is 42.8. The van der Waals surface area contributed by atoms with Gasteiger partial charge in [0.15, 0.2) is 0 Å². The lowest BCUT2D eigenvalue weighted by molar-refractivity contribution is 0.951. The lowest BCUT2D eigenvalue weighted by Gasteiger charge is -1.74. The minimum atomic E-state index is -0.0796. The van der Waals surface area contributed by atoms with E-state index >= 15 is 0 Å². The van der Waals surface area contributed by atoms with E-state index in [0.29, 0.717) is 0 Å². The van der Waals surface area contributed by atoms with Crippen LogP contribution in [0.5, 0.6) is 0 Å². The molecule has 0 aliphatic heterocycles. The van der Waals surface area contributed by atoms with Crippen LogP contribution < -0.4 is 0 Å². The molecule has 0 saturated heterocycles. The highest BCUT2D eigenvalue weighted by Crippen LogP contribution is 1.87. The zero-order valence-corrected chi connectivity index (χ0v) is 4.71. The number of halogens is 1. The number of rotatable bonds is 2. The summed E-state index contributed by atoms with van der Waals surface area (Å²) >= 11 is -0.0796. The first-order valence-corrected chi connectivity index (χ1v) is 2.90. The van der Waals surface area contributed by atoms with Crippen LogP contribution >= 0.6 is 11.7 Å². The third kappa shape index (κ3) is 4.15. The Morgan fingerprint density at radius 2 is 2.50 bits per heavy atom. The van der Waals surface area contributed by atoms with Gasteiger partial charge in [-0.25, -0.2) is 0 Å². The fourth-order valence-corrected chi connectivity index (χ4v) is 0.534. The maximum absolute atomic E-state index is 11.1. The normalized spacial score (nSPS) is 11.7. The maximum Gasteiger partial charge on any atom is -0.0277 e. The second kappa shape index (κ2) is 5.15. The highest BCUT2D eigenvalue weighted by Gasteiger charge is 1.66. The lowest BCUT2D eigenvalue weighted by Crippen LogP contribution is -1.62. The minimum Gasteiger partial charge on any atom is -0.177 e. The molecule has 0 rings (SSSR count). The smallest absolute Gasteiger partial charge is 0.0277 e. The van der Waals surface area contributed by atoms with Crippen molar-refractivity contribution in [1.29, 1.82) is 0 Å². The predicted molar refractivity (Wildman–Crippen MR) is 31.1 cm³/mol. The van der Waals surface area contributed by atoms with E-state index in [1.807, 2.05) is 6.92 Å². The molecule has 0 heterocycles. The first-order valence-electron chi connectivity index (χ1n) is 2.04. The Morgan fingerprint density at radius 1 is 1.83 bits per heavy atom. The van der Waals surface area contributed by atoms with Gasteiger partial charge in [0.2, 0.25) is 0 Å². The van der Waals surface area contributed by atoms with Gasteiger partial charge in [-0.15, -0.1) is 0 Å². The average Bonchev–Trinajstić information content (AvgIpc) is 1.61. The van der Waals surface area contributed by atoms with Crippen molar-refractivity contribution >= 4 is 17.1 Å². The second-order valence-corrected chi connectivity index (χ2v) is 1.63. The van der Waals surface area contributed by atoms with Gasteiger partial charge < -0.3 is 0 Å². The van der Waals surface area contributed by atoms with Gasteiger partial charge in [0, 0.05) is 0 Å². The Hall–Kier alpha value is 0.150. The van der Waals surface area contributed by atoms with E-state index in [2.05, 4.69) is 0 Å². The highest BCUT2D eigenvalue weighted by atomic mass is 32.2. The molecular formula is C4H9FS. The molecule has 0 aromatic carbocycles. The van der Waals surface area contributed by atoms with Crippen LogP contribution in [0.15, 0.2) is 0 Å². The SMILES string of the molecule is CCCC=[SH]F. The molecule has 0 bridgehead atoms. The number of unbranched alkanes of at least 4 members (excludes halogenated alkanes) is 1. The quantitative estimate of drug-likeness (QED) is 0.405. The van der Waals surface area contributed by atoms with Gasteiger partial charge >= 0.3 is 0 Å². The zero-order chi connectivity index (χ0) is 4.83. The van der Waals surface area contributed by atoms with Crippen LogP contribution in [0.25, 0.3) is 0 Å². The Kier molecular flexibility index (Phi) is 5.28. The van der Waals surface area contributed by atoms with Gasteiger partial charge in [-0.3, -0.25) is 0 Å². The molecule has 0 aliphatic rings. The summed E-state index contributed by atoms with van der Waals surface area (Å²) in [5, 5.41) is 1.61. The molecule has 0 nitrogen and oxygen atoms in total. The van der Waals surface area contributed by atoms with E-state index in [-0.39, 0.29) is 11.7 Å².